The van der Waals surface area contributed by atoms with E-state index in [1.54, 1.807) is 0 Å². The van der Waals surface area contributed by atoms with E-state index in [4.69, 9.17) is 0 Å². The van der Waals surface area contributed by atoms with Crippen molar-refractivity contribution in [1.82, 2.24) is 10.2 Å². The Morgan fingerprint density at radius 2 is 2.00 bits per heavy atom. The molecule has 1 aromatic rings. The van der Waals surface area contributed by atoms with Crippen LogP contribution in [-0.2, 0) is 0 Å². The van der Waals surface area contributed by atoms with E-state index in [0.29, 0.717) is 0 Å². The van der Waals surface area contributed by atoms with Crippen molar-refractivity contribution in [1.29, 1.82) is 0 Å². The van der Waals surface area contributed by atoms with Gasteiger partial charge in [0.1, 0.15) is 0 Å². The van der Waals surface area contributed by atoms with Crippen LogP contribution in [0.5, 0.6) is 0 Å². The van der Waals surface area contributed by atoms with Crippen LogP contribution in [0.4, 0.5) is 12.9 Å². The molecule has 0 unspecified atom stereocenters. The summed E-state index contributed by atoms with van der Waals surface area (Å²) < 4.78 is 35.7. The average Bonchev–Trinajstić information content (AvgIpc) is 2.11. The standard InChI is InChI=1S/C4H5BF3N2.K/c1-3-4(2-9-10-3)5(6,7)8;/h2H,1H3,(H,9,10);/q-1;+1. The number of aryl methyl sites for hydroxylation is 1. The minimum absolute atomic E-state index is 0. The van der Waals surface area contributed by atoms with Crippen LogP contribution in [0.25, 0.3) is 0 Å². The van der Waals surface area contributed by atoms with Crippen LogP contribution in [0.1, 0.15) is 5.69 Å². The van der Waals surface area contributed by atoms with Gasteiger partial charge in [-0.2, -0.15) is 5.10 Å². The van der Waals surface area contributed by atoms with Crippen LogP contribution in [0, 0.1) is 6.92 Å². The van der Waals surface area contributed by atoms with Gasteiger partial charge in [-0.15, -0.1) is 0 Å². The van der Waals surface area contributed by atoms with E-state index in [2.05, 4.69) is 10.2 Å². The number of hydrogen-bond acceptors (Lipinski definition) is 1. The summed E-state index contributed by atoms with van der Waals surface area (Å²) in [7, 11) is 0. The predicted octanol–water partition coefficient (Wildman–Crippen LogP) is -2.22. The van der Waals surface area contributed by atoms with Crippen molar-refractivity contribution < 1.29 is 64.3 Å². The first-order valence-electron chi connectivity index (χ1n) is 2.71. The Labute approximate surface area is 104 Å². The molecule has 1 heterocycles. The Morgan fingerprint density at radius 3 is 2.18 bits per heavy atom. The van der Waals surface area contributed by atoms with E-state index in [1.807, 2.05) is 0 Å². The number of H-pyrrole nitrogens is 1. The molecule has 0 aromatic carbocycles. The summed E-state index contributed by atoms with van der Waals surface area (Å²) in [5, 5.41) is 5.48. The summed E-state index contributed by atoms with van der Waals surface area (Å²) in [4.78, 5) is 0. The molecule has 0 radical (unpaired) electrons. The van der Waals surface area contributed by atoms with Crippen LogP contribution in [-0.4, -0.2) is 17.2 Å². The van der Waals surface area contributed by atoms with Crippen LogP contribution in [0.2, 0.25) is 0 Å². The third-order valence-electron chi connectivity index (χ3n) is 1.22. The van der Waals surface area contributed by atoms with Gasteiger partial charge in [-0.1, -0.05) is 5.46 Å². The molecule has 0 fully saturated rings. The maximum absolute atomic E-state index is 11.9. The molecule has 0 amide bonds. The van der Waals surface area contributed by atoms with Gasteiger partial charge in [0.25, 0.3) is 0 Å². The van der Waals surface area contributed by atoms with Gasteiger partial charge in [-0.25, -0.2) is 0 Å². The van der Waals surface area contributed by atoms with Gasteiger partial charge in [0.2, 0.25) is 0 Å². The third kappa shape index (κ3) is 2.90. The summed E-state index contributed by atoms with van der Waals surface area (Å²) in [6.07, 6.45) is 0.801. The van der Waals surface area contributed by atoms with E-state index >= 15 is 0 Å². The van der Waals surface area contributed by atoms with Crippen molar-refractivity contribution >= 4 is 12.4 Å². The Balaban J connectivity index is 0.000001000. The zero-order valence-electron chi connectivity index (χ0n) is 6.24. The Kier molecular flexibility index (Phi) is 4.35. The summed E-state index contributed by atoms with van der Waals surface area (Å²) in [5.74, 6) is 0. The van der Waals surface area contributed by atoms with Gasteiger partial charge in [0.05, 0.1) is 0 Å². The van der Waals surface area contributed by atoms with Gasteiger partial charge in [0, 0.05) is 11.9 Å². The predicted molar refractivity (Wildman–Crippen MR) is 32.0 cm³/mol. The van der Waals surface area contributed by atoms with E-state index < -0.39 is 12.4 Å². The molecular weight excluding hydrogens is 183 g/mol. The van der Waals surface area contributed by atoms with Crippen molar-refractivity contribution in [2.24, 2.45) is 0 Å². The summed E-state index contributed by atoms with van der Waals surface area (Å²) in [6, 6.07) is 0. The third-order valence-corrected chi connectivity index (χ3v) is 1.22. The quantitative estimate of drug-likeness (QED) is 0.497. The summed E-state index contributed by atoms with van der Waals surface area (Å²) >= 11 is 0. The molecule has 11 heavy (non-hydrogen) atoms. The maximum atomic E-state index is 11.9. The van der Waals surface area contributed by atoms with Gasteiger partial charge in [-0.05, 0) is 6.92 Å². The van der Waals surface area contributed by atoms with Crippen molar-refractivity contribution in [2.45, 2.75) is 6.92 Å². The Hall–Kier alpha value is 0.701. The fourth-order valence-electron chi connectivity index (χ4n) is 0.690. The fraction of sp³-hybridized carbons (Fsp3) is 0.250. The van der Waals surface area contributed by atoms with Crippen LogP contribution < -0.4 is 56.8 Å². The van der Waals surface area contributed by atoms with Gasteiger partial charge in [0.15, 0.2) is 0 Å². The van der Waals surface area contributed by atoms with Crippen LogP contribution in [0.15, 0.2) is 6.20 Å². The second-order valence-corrected chi connectivity index (χ2v) is 2.03. The Bertz CT molecular complexity index is 233. The maximum Gasteiger partial charge on any atom is 1.00 e. The molecule has 1 N–H and O–H groups in total. The first kappa shape index (κ1) is 11.7. The number of halogens is 3. The number of rotatable bonds is 1. The zero-order valence-corrected chi connectivity index (χ0v) is 9.36. The van der Waals surface area contributed by atoms with E-state index in [0.717, 1.165) is 6.20 Å². The zero-order chi connectivity index (χ0) is 7.78. The largest absolute Gasteiger partial charge is 1.00 e. The first-order chi connectivity index (χ1) is 4.52. The molecule has 0 aliphatic rings. The van der Waals surface area contributed by atoms with E-state index in [9.17, 15) is 12.9 Å². The molecule has 0 aliphatic heterocycles. The number of nitrogens with zero attached hydrogens (tertiary/aromatic N) is 1. The van der Waals surface area contributed by atoms with Crippen molar-refractivity contribution in [2.75, 3.05) is 0 Å². The molecule has 1 rings (SSSR count). The van der Waals surface area contributed by atoms with Crippen LogP contribution in [0.3, 0.4) is 0 Å². The van der Waals surface area contributed by atoms with E-state index in [-0.39, 0.29) is 57.1 Å². The Morgan fingerprint density at radius 1 is 1.45 bits per heavy atom. The van der Waals surface area contributed by atoms with Crippen molar-refractivity contribution in [3.05, 3.63) is 11.9 Å². The molecule has 0 saturated heterocycles. The van der Waals surface area contributed by atoms with Gasteiger partial charge in [-0.3, -0.25) is 5.10 Å². The monoisotopic (exact) mass is 188 g/mol. The van der Waals surface area contributed by atoms with Crippen molar-refractivity contribution in [3.8, 4) is 0 Å². The number of hydrogen-bond donors (Lipinski definition) is 1. The molecule has 56 valence electrons. The van der Waals surface area contributed by atoms with Crippen molar-refractivity contribution in [3.63, 3.8) is 0 Å². The molecule has 0 bridgehead atoms. The molecule has 0 aliphatic carbocycles. The van der Waals surface area contributed by atoms with E-state index in [1.165, 1.54) is 6.92 Å². The number of aromatic nitrogens is 2. The van der Waals surface area contributed by atoms with Gasteiger partial charge < -0.3 is 12.9 Å². The SMILES string of the molecule is Cc1[nH]ncc1[B-](F)(F)F.[K+]. The molecule has 1 aromatic heterocycles. The minimum atomic E-state index is -4.88. The smallest absolute Gasteiger partial charge is 0.445 e. The average molecular weight is 188 g/mol. The topological polar surface area (TPSA) is 28.7 Å². The molecule has 0 saturated carbocycles. The minimum Gasteiger partial charge on any atom is -0.445 e. The summed E-state index contributed by atoms with van der Waals surface area (Å²) in [5.41, 5.74) is -0.562. The molecule has 7 heteroatoms. The first-order valence-corrected chi connectivity index (χ1v) is 2.71. The van der Waals surface area contributed by atoms with Gasteiger partial charge >= 0.3 is 58.4 Å². The summed E-state index contributed by atoms with van der Waals surface area (Å²) in [6.45, 7) is -3.54. The molecule has 0 atom stereocenters. The molecular formula is C4H5BF3KN2. The molecule has 2 nitrogen and oxygen atoms in total. The fourth-order valence-corrected chi connectivity index (χ4v) is 0.690. The second-order valence-electron chi connectivity index (χ2n) is 2.03. The van der Waals surface area contributed by atoms with Crippen LogP contribution >= 0.6 is 0 Å². The normalized spacial score (nSPS) is 10.9. The number of nitrogens with one attached hydrogen (secondary N) is 1. The molecule has 0 spiro atoms. The number of aromatic amines is 1. The second kappa shape index (κ2) is 4.09.